The molecule has 1 aliphatic rings. The summed E-state index contributed by atoms with van der Waals surface area (Å²) in [6, 6.07) is 5.73. The second-order valence-electron chi connectivity index (χ2n) is 6.69. The molecule has 4 nitrogen and oxygen atoms in total. The van der Waals surface area contributed by atoms with Crippen LogP contribution >= 0.6 is 0 Å². The first kappa shape index (κ1) is 15.5. The molecule has 21 heavy (non-hydrogen) atoms. The summed E-state index contributed by atoms with van der Waals surface area (Å²) < 4.78 is 13.2. The van der Waals surface area contributed by atoms with E-state index in [1.807, 2.05) is 20.8 Å². The monoisotopic (exact) mass is 292 g/mol. The number of benzene rings is 1. The van der Waals surface area contributed by atoms with Gasteiger partial charge in [0.25, 0.3) is 0 Å². The first-order valence-electron chi connectivity index (χ1n) is 7.10. The Bertz CT molecular complexity index is 551. The third-order valence-corrected chi connectivity index (χ3v) is 3.30. The fourth-order valence-corrected chi connectivity index (χ4v) is 2.46. The third-order valence-electron chi connectivity index (χ3n) is 3.30. The molecule has 1 aromatic carbocycles. The number of carbonyl (C=O) groups is 2. The maximum Gasteiger partial charge on any atom is 0.229 e. The SMILES string of the molecule is CC(C)(C)CC(=O)NC1CC(=O)N(c2cccc(F)c2)C1. The van der Waals surface area contributed by atoms with E-state index in [-0.39, 0.29) is 35.5 Å². The quantitative estimate of drug-likeness (QED) is 0.930. The van der Waals surface area contributed by atoms with Crippen LogP contribution in [0.25, 0.3) is 0 Å². The Labute approximate surface area is 124 Å². The number of hydrogen-bond acceptors (Lipinski definition) is 2. The zero-order valence-electron chi connectivity index (χ0n) is 12.6. The first-order valence-corrected chi connectivity index (χ1v) is 7.10. The molecule has 1 heterocycles. The lowest BCUT2D eigenvalue weighted by Crippen LogP contribution is -2.38. The van der Waals surface area contributed by atoms with Crippen LogP contribution in [0.1, 0.15) is 33.6 Å². The van der Waals surface area contributed by atoms with E-state index in [1.54, 1.807) is 12.1 Å². The molecule has 1 aliphatic heterocycles. The molecule has 114 valence electrons. The van der Waals surface area contributed by atoms with Gasteiger partial charge in [0.2, 0.25) is 11.8 Å². The van der Waals surface area contributed by atoms with Gasteiger partial charge < -0.3 is 10.2 Å². The lowest BCUT2D eigenvalue weighted by molar-refractivity contribution is -0.123. The van der Waals surface area contributed by atoms with E-state index in [4.69, 9.17) is 0 Å². The standard InChI is InChI=1S/C16H21FN2O2/c1-16(2,3)9-14(20)18-12-8-15(21)19(10-12)13-6-4-5-11(17)7-13/h4-7,12H,8-10H2,1-3H3,(H,18,20). The van der Waals surface area contributed by atoms with Crippen molar-refractivity contribution in [3.05, 3.63) is 30.1 Å². The second kappa shape index (κ2) is 5.84. The fraction of sp³-hybridized carbons (Fsp3) is 0.500. The van der Waals surface area contributed by atoms with E-state index in [9.17, 15) is 14.0 Å². The molecule has 0 bridgehead atoms. The summed E-state index contributed by atoms with van der Waals surface area (Å²) in [6.07, 6.45) is 0.671. The molecular weight excluding hydrogens is 271 g/mol. The van der Waals surface area contributed by atoms with Crippen LogP contribution in [-0.2, 0) is 9.59 Å². The van der Waals surface area contributed by atoms with Crippen LogP contribution < -0.4 is 10.2 Å². The summed E-state index contributed by atoms with van der Waals surface area (Å²) in [5.41, 5.74) is 0.446. The normalized spacial score (nSPS) is 19.0. The van der Waals surface area contributed by atoms with Crippen molar-refractivity contribution in [3.8, 4) is 0 Å². The van der Waals surface area contributed by atoms with Gasteiger partial charge in [-0.1, -0.05) is 26.8 Å². The zero-order chi connectivity index (χ0) is 15.6. The molecule has 1 atom stereocenters. The molecule has 0 spiro atoms. The van der Waals surface area contributed by atoms with E-state index in [1.165, 1.54) is 17.0 Å². The number of rotatable bonds is 3. The molecule has 1 saturated heterocycles. The van der Waals surface area contributed by atoms with Gasteiger partial charge in [-0.05, 0) is 23.6 Å². The van der Waals surface area contributed by atoms with Crippen molar-refractivity contribution in [1.29, 1.82) is 0 Å². The molecule has 0 aliphatic carbocycles. The molecule has 1 unspecified atom stereocenters. The van der Waals surface area contributed by atoms with Crippen LogP contribution in [0.4, 0.5) is 10.1 Å². The van der Waals surface area contributed by atoms with Crippen LogP contribution in [0.15, 0.2) is 24.3 Å². The third kappa shape index (κ3) is 4.28. The Morgan fingerprint density at radius 3 is 2.76 bits per heavy atom. The highest BCUT2D eigenvalue weighted by Gasteiger charge is 2.32. The van der Waals surface area contributed by atoms with Gasteiger partial charge in [-0.25, -0.2) is 4.39 Å². The van der Waals surface area contributed by atoms with Gasteiger partial charge in [0.15, 0.2) is 0 Å². The Kier molecular flexibility index (Phi) is 4.30. The van der Waals surface area contributed by atoms with Gasteiger partial charge in [-0.2, -0.15) is 0 Å². The molecule has 5 heteroatoms. The summed E-state index contributed by atoms with van der Waals surface area (Å²) in [6.45, 7) is 6.36. The van der Waals surface area contributed by atoms with Crippen LogP contribution in [0.3, 0.4) is 0 Å². The molecule has 1 fully saturated rings. The fourth-order valence-electron chi connectivity index (χ4n) is 2.46. The Morgan fingerprint density at radius 2 is 2.14 bits per heavy atom. The molecule has 1 N–H and O–H groups in total. The second-order valence-corrected chi connectivity index (χ2v) is 6.69. The van der Waals surface area contributed by atoms with Crippen molar-refractivity contribution >= 4 is 17.5 Å². The van der Waals surface area contributed by atoms with Gasteiger partial charge in [-0.3, -0.25) is 9.59 Å². The topological polar surface area (TPSA) is 49.4 Å². The van der Waals surface area contributed by atoms with Gasteiger partial charge in [0, 0.05) is 25.1 Å². The number of hydrogen-bond donors (Lipinski definition) is 1. The molecule has 2 rings (SSSR count). The van der Waals surface area contributed by atoms with Crippen molar-refractivity contribution in [1.82, 2.24) is 5.32 Å². The minimum Gasteiger partial charge on any atom is -0.351 e. The minimum absolute atomic E-state index is 0.0543. The van der Waals surface area contributed by atoms with E-state index in [0.717, 1.165) is 0 Å². The molecule has 0 radical (unpaired) electrons. The van der Waals surface area contributed by atoms with Crippen LogP contribution in [0.5, 0.6) is 0 Å². The first-order chi connectivity index (χ1) is 9.74. The van der Waals surface area contributed by atoms with Crippen molar-refractivity contribution < 1.29 is 14.0 Å². The minimum atomic E-state index is -0.375. The highest BCUT2D eigenvalue weighted by Crippen LogP contribution is 2.23. The van der Waals surface area contributed by atoms with E-state index in [0.29, 0.717) is 18.7 Å². The number of carbonyl (C=O) groups excluding carboxylic acids is 2. The van der Waals surface area contributed by atoms with Crippen LogP contribution in [0.2, 0.25) is 0 Å². The van der Waals surface area contributed by atoms with Crippen LogP contribution in [-0.4, -0.2) is 24.4 Å². The number of nitrogens with zero attached hydrogens (tertiary/aromatic N) is 1. The Hall–Kier alpha value is -1.91. The van der Waals surface area contributed by atoms with Gasteiger partial charge in [0.1, 0.15) is 5.82 Å². The van der Waals surface area contributed by atoms with E-state index >= 15 is 0 Å². The summed E-state index contributed by atoms with van der Waals surface area (Å²) in [5.74, 6) is -0.524. The van der Waals surface area contributed by atoms with Crippen molar-refractivity contribution in [2.45, 2.75) is 39.7 Å². The van der Waals surface area contributed by atoms with Gasteiger partial charge in [-0.15, -0.1) is 0 Å². The number of nitrogens with one attached hydrogen (secondary N) is 1. The molecule has 0 saturated carbocycles. The van der Waals surface area contributed by atoms with E-state index < -0.39 is 0 Å². The Morgan fingerprint density at radius 1 is 1.43 bits per heavy atom. The van der Waals surface area contributed by atoms with Crippen molar-refractivity contribution in [2.24, 2.45) is 5.41 Å². The summed E-state index contributed by atoms with van der Waals surface area (Å²) >= 11 is 0. The average molecular weight is 292 g/mol. The lowest BCUT2D eigenvalue weighted by Gasteiger charge is -2.20. The predicted molar refractivity (Wildman–Crippen MR) is 79.4 cm³/mol. The van der Waals surface area contributed by atoms with Gasteiger partial charge >= 0.3 is 0 Å². The zero-order valence-corrected chi connectivity index (χ0v) is 12.6. The smallest absolute Gasteiger partial charge is 0.229 e. The highest BCUT2D eigenvalue weighted by atomic mass is 19.1. The average Bonchev–Trinajstić information content (AvgIpc) is 2.67. The molecule has 0 aromatic heterocycles. The number of anilines is 1. The maximum atomic E-state index is 13.2. The lowest BCUT2D eigenvalue weighted by atomic mass is 9.92. The van der Waals surface area contributed by atoms with Gasteiger partial charge in [0.05, 0.1) is 6.04 Å². The molecule has 2 amide bonds. The summed E-state index contributed by atoms with van der Waals surface area (Å²) in [7, 11) is 0. The summed E-state index contributed by atoms with van der Waals surface area (Å²) in [4.78, 5) is 25.5. The summed E-state index contributed by atoms with van der Waals surface area (Å²) in [5, 5.41) is 2.88. The highest BCUT2D eigenvalue weighted by molar-refractivity contribution is 5.96. The number of halogens is 1. The Balaban J connectivity index is 1.98. The molecule has 1 aromatic rings. The van der Waals surface area contributed by atoms with E-state index in [2.05, 4.69) is 5.32 Å². The maximum absolute atomic E-state index is 13.2. The van der Waals surface area contributed by atoms with Crippen molar-refractivity contribution in [3.63, 3.8) is 0 Å². The molecular formula is C16H21FN2O2. The van der Waals surface area contributed by atoms with Crippen molar-refractivity contribution in [2.75, 3.05) is 11.4 Å². The largest absolute Gasteiger partial charge is 0.351 e. The number of amides is 2. The predicted octanol–water partition coefficient (Wildman–Crippen LogP) is 2.48. The van der Waals surface area contributed by atoms with Crippen LogP contribution in [0, 0.1) is 11.2 Å².